The Kier molecular flexibility index (Phi) is 7.58. The minimum Gasteiger partial charge on any atom is -0.377 e. The van der Waals surface area contributed by atoms with Gasteiger partial charge in [0.05, 0.1) is 0 Å². The molecule has 0 atom stereocenters. The summed E-state index contributed by atoms with van der Waals surface area (Å²) in [4.78, 5) is 0. The summed E-state index contributed by atoms with van der Waals surface area (Å²) in [5.41, 5.74) is 0. The normalized spacial score (nSPS) is 10.7. The molecule has 0 saturated heterocycles. The Morgan fingerprint density at radius 3 is 1.11 bits per heavy atom. The molecule has 0 bridgehead atoms. The van der Waals surface area contributed by atoms with Crippen molar-refractivity contribution >= 4 is 8.80 Å². The van der Waals surface area contributed by atoms with Gasteiger partial charge in [0.1, 0.15) is 0 Å². The van der Waals surface area contributed by atoms with Crippen molar-refractivity contribution in [1.29, 1.82) is 0 Å². The van der Waals surface area contributed by atoms with Gasteiger partial charge in [0.2, 0.25) is 0 Å². The summed E-state index contributed by atoms with van der Waals surface area (Å²) >= 11 is 0. The number of hydrogen-bond donors (Lipinski definition) is 0. The smallest absolute Gasteiger partial charge is 0.377 e. The zero-order valence-corrected chi connectivity index (χ0v) is 10.4. The molecule has 0 spiro atoms. The van der Waals surface area contributed by atoms with Gasteiger partial charge in [0.25, 0.3) is 0 Å². The molecule has 5 heteroatoms. The molecule has 52 valence electrons. The Bertz CT molecular complexity index is 58.6. The van der Waals surface area contributed by atoms with E-state index in [2.05, 4.69) is 0 Å². The first-order valence-corrected chi connectivity index (χ1v) is 4.56. The molecular formula is C4H12O3SiZn. The van der Waals surface area contributed by atoms with Gasteiger partial charge in [-0.15, -0.1) is 0 Å². The number of rotatable bonds is 3. The Hall–Kier alpha value is 0.720. The van der Waals surface area contributed by atoms with Crippen molar-refractivity contribution in [2.45, 2.75) is 6.55 Å². The summed E-state index contributed by atoms with van der Waals surface area (Å²) in [5.74, 6) is 0. The summed E-state index contributed by atoms with van der Waals surface area (Å²) in [5, 5.41) is 0. The van der Waals surface area contributed by atoms with Crippen LogP contribution in [-0.2, 0) is 32.8 Å². The third-order valence-corrected chi connectivity index (χ3v) is 3.34. The van der Waals surface area contributed by atoms with Gasteiger partial charge in [-0.05, 0) is 0 Å². The molecule has 0 aliphatic heterocycles. The van der Waals surface area contributed by atoms with E-state index >= 15 is 0 Å². The van der Waals surface area contributed by atoms with E-state index in [0.29, 0.717) is 0 Å². The van der Waals surface area contributed by atoms with E-state index in [1.165, 1.54) is 0 Å². The maximum Gasteiger partial charge on any atom is 0.496 e. The van der Waals surface area contributed by atoms with Crippen LogP contribution >= 0.6 is 0 Å². The Morgan fingerprint density at radius 1 is 0.889 bits per heavy atom. The second-order valence-electron chi connectivity index (χ2n) is 1.47. The predicted octanol–water partition coefficient (Wildman–Crippen LogP) is 0.492. The topological polar surface area (TPSA) is 27.7 Å². The maximum absolute atomic E-state index is 4.93. The van der Waals surface area contributed by atoms with Crippen molar-refractivity contribution in [2.24, 2.45) is 0 Å². The third-order valence-electron chi connectivity index (χ3n) is 1.11. The molecule has 0 aliphatic rings. The minimum absolute atomic E-state index is 0. The fraction of sp³-hybridized carbons (Fsp3) is 1.00. The van der Waals surface area contributed by atoms with Crippen molar-refractivity contribution in [3.8, 4) is 0 Å². The summed E-state index contributed by atoms with van der Waals surface area (Å²) in [6, 6.07) is 0. The van der Waals surface area contributed by atoms with E-state index in [4.69, 9.17) is 13.3 Å². The zero-order chi connectivity index (χ0) is 6.62. The molecule has 0 rings (SSSR count). The first-order valence-electron chi connectivity index (χ1n) is 2.34. The van der Waals surface area contributed by atoms with Crippen LogP contribution in [0.1, 0.15) is 0 Å². The van der Waals surface area contributed by atoms with Crippen LogP contribution in [-0.4, -0.2) is 30.1 Å². The van der Waals surface area contributed by atoms with E-state index in [1.807, 2.05) is 6.55 Å². The third kappa shape index (κ3) is 4.17. The van der Waals surface area contributed by atoms with Crippen molar-refractivity contribution in [2.75, 3.05) is 21.3 Å². The first-order chi connectivity index (χ1) is 3.68. The summed E-state index contributed by atoms with van der Waals surface area (Å²) < 4.78 is 14.8. The maximum atomic E-state index is 4.93. The molecule has 0 radical (unpaired) electrons. The van der Waals surface area contributed by atoms with Gasteiger partial charge in [0.15, 0.2) is 0 Å². The van der Waals surface area contributed by atoms with E-state index in [1.54, 1.807) is 21.3 Å². The van der Waals surface area contributed by atoms with Gasteiger partial charge < -0.3 is 13.3 Å². The molecular weight excluding hydrogens is 190 g/mol. The summed E-state index contributed by atoms with van der Waals surface area (Å²) in [7, 11) is 2.58. The van der Waals surface area contributed by atoms with Crippen LogP contribution in [0.15, 0.2) is 0 Å². The first kappa shape index (κ1) is 12.4. The standard InChI is InChI=1S/C4H12O3Si.Zn/c1-5-8(4,6-2)7-3;/h1-4H3;. The van der Waals surface area contributed by atoms with E-state index in [0.717, 1.165) is 0 Å². The second-order valence-corrected chi connectivity index (χ2v) is 4.42. The van der Waals surface area contributed by atoms with Gasteiger partial charge in [-0.3, -0.25) is 0 Å². The Morgan fingerprint density at radius 2 is 1.11 bits per heavy atom. The fourth-order valence-electron chi connectivity index (χ4n) is 0.250. The molecule has 0 aromatic rings. The molecule has 0 aromatic carbocycles. The molecule has 0 N–H and O–H groups in total. The van der Waals surface area contributed by atoms with Crippen LogP contribution in [0.3, 0.4) is 0 Å². The van der Waals surface area contributed by atoms with Crippen molar-refractivity contribution in [3.63, 3.8) is 0 Å². The molecule has 0 heterocycles. The van der Waals surface area contributed by atoms with Crippen LogP contribution < -0.4 is 0 Å². The fourth-order valence-corrected chi connectivity index (χ4v) is 0.750. The van der Waals surface area contributed by atoms with Crippen LogP contribution in [0, 0.1) is 0 Å². The molecule has 0 amide bonds. The zero-order valence-electron chi connectivity index (χ0n) is 6.43. The molecule has 0 saturated carbocycles. The van der Waals surface area contributed by atoms with Crippen LogP contribution in [0.25, 0.3) is 0 Å². The van der Waals surface area contributed by atoms with Crippen molar-refractivity contribution in [1.82, 2.24) is 0 Å². The molecule has 0 unspecified atom stereocenters. The largest absolute Gasteiger partial charge is 0.496 e. The van der Waals surface area contributed by atoms with E-state index in [-0.39, 0.29) is 19.5 Å². The molecule has 0 aliphatic carbocycles. The SMILES string of the molecule is CO[Si](C)(OC)OC.[Zn]. The summed E-state index contributed by atoms with van der Waals surface area (Å²) in [6.45, 7) is 1.83. The average Bonchev–Trinajstić information content (AvgIpc) is 1.87. The Balaban J connectivity index is 0. The van der Waals surface area contributed by atoms with Crippen LogP contribution in [0.4, 0.5) is 0 Å². The van der Waals surface area contributed by atoms with Gasteiger partial charge in [-0.1, -0.05) is 0 Å². The molecule has 9 heavy (non-hydrogen) atoms. The van der Waals surface area contributed by atoms with Gasteiger partial charge >= 0.3 is 8.80 Å². The van der Waals surface area contributed by atoms with Gasteiger partial charge in [-0.2, -0.15) is 0 Å². The minimum atomic E-state index is -2.17. The second kappa shape index (κ2) is 5.50. The van der Waals surface area contributed by atoms with E-state index in [9.17, 15) is 0 Å². The number of hydrogen-bond acceptors (Lipinski definition) is 3. The molecule has 3 nitrogen and oxygen atoms in total. The molecule has 0 aromatic heterocycles. The van der Waals surface area contributed by atoms with Crippen molar-refractivity contribution in [3.05, 3.63) is 0 Å². The van der Waals surface area contributed by atoms with Crippen LogP contribution in [0.2, 0.25) is 6.55 Å². The quantitative estimate of drug-likeness (QED) is 0.623. The summed E-state index contributed by atoms with van der Waals surface area (Å²) in [6.07, 6.45) is 0. The predicted molar refractivity (Wildman–Crippen MR) is 32.6 cm³/mol. The van der Waals surface area contributed by atoms with Crippen molar-refractivity contribution < 1.29 is 32.8 Å². The average molecular weight is 202 g/mol. The van der Waals surface area contributed by atoms with E-state index < -0.39 is 8.80 Å². The van der Waals surface area contributed by atoms with Crippen LogP contribution in [0.5, 0.6) is 0 Å². The monoisotopic (exact) mass is 200 g/mol. The van der Waals surface area contributed by atoms with Gasteiger partial charge in [-0.25, -0.2) is 0 Å². The molecule has 0 fully saturated rings. The Labute approximate surface area is 69.8 Å². The van der Waals surface area contributed by atoms with Gasteiger partial charge in [0, 0.05) is 47.4 Å².